The van der Waals surface area contributed by atoms with Gasteiger partial charge in [0.25, 0.3) is 0 Å². The smallest absolute Gasteiger partial charge is 0.00405 e. The highest BCUT2D eigenvalue weighted by molar-refractivity contribution is 7.88. The number of hydrogen-bond donors (Lipinski definition) is 0. The van der Waals surface area contributed by atoms with E-state index in [0.717, 1.165) is 22.6 Å². The van der Waals surface area contributed by atoms with Crippen molar-refractivity contribution in [3.63, 3.8) is 0 Å². The van der Waals surface area contributed by atoms with Crippen molar-refractivity contribution in [2.45, 2.75) is 474 Å². The lowest BCUT2D eigenvalue weighted by Crippen LogP contribution is -2.34. The van der Waals surface area contributed by atoms with E-state index in [1.165, 1.54) is 280 Å². The summed E-state index contributed by atoms with van der Waals surface area (Å²) in [6.07, 6.45) is 66.3. The van der Waals surface area contributed by atoms with Crippen molar-refractivity contribution in [3.05, 3.63) is 284 Å². The summed E-state index contributed by atoms with van der Waals surface area (Å²) in [6, 6.07) is 98.6. The van der Waals surface area contributed by atoms with E-state index >= 15 is 0 Å². The second-order valence-electron chi connectivity index (χ2n) is 50.4. The van der Waals surface area contributed by atoms with Crippen LogP contribution in [-0.2, 0) is 0 Å². The molecule has 7 aliphatic rings. The largest absolute Gasteiger partial charge is 0.116 e. The van der Waals surface area contributed by atoms with Gasteiger partial charge in [-0.2, -0.15) is 0 Å². The average molecular weight is 2190 g/mol. The lowest BCUT2D eigenvalue weighted by atomic mass is 9.99. The molecule has 0 aromatic heterocycles. The zero-order valence-electron chi connectivity index (χ0n) is 99.8. The summed E-state index contributed by atoms with van der Waals surface area (Å²) in [4.78, 5) is 0. The first-order valence-corrected chi connectivity index (χ1v) is 75.4. The molecule has 0 N–H and O–H groups in total. The Bertz CT molecular complexity index is 4920. The van der Waals surface area contributed by atoms with Crippen LogP contribution >= 0.6 is 71.3 Å². The van der Waals surface area contributed by atoms with E-state index in [1.54, 1.807) is 112 Å². The average Bonchev–Trinajstić information content (AvgIpc) is 0.770. The first-order chi connectivity index (χ1) is 72.1. The molecule has 0 aliphatic heterocycles. The molecule has 0 saturated heterocycles. The van der Waals surface area contributed by atoms with Crippen LogP contribution in [0.1, 0.15) is 405 Å². The van der Waals surface area contributed by atoms with Crippen LogP contribution in [-0.4, -0.2) is 110 Å². The van der Waals surface area contributed by atoms with Crippen molar-refractivity contribution < 1.29 is 0 Å². The summed E-state index contributed by atoms with van der Waals surface area (Å²) in [5.74, 6) is 1.17. The number of rotatable bonds is 28. The third-order valence-electron chi connectivity index (χ3n) is 32.0. The van der Waals surface area contributed by atoms with Crippen molar-refractivity contribution in [3.8, 4) is 33.4 Å². The maximum Gasteiger partial charge on any atom is 0.00405 e. The zero-order chi connectivity index (χ0) is 108. The Morgan fingerprint density at radius 1 is 0.233 bits per heavy atom. The van der Waals surface area contributed by atoms with Gasteiger partial charge in [-0.1, -0.05) is 585 Å². The van der Waals surface area contributed by atoms with E-state index in [9.17, 15) is 0 Å². The van der Waals surface area contributed by atoms with Crippen LogP contribution in [0.25, 0.3) is 33.4 Å². The summed E-state index contributed by atoms with van der Waals surface area (Å²) >= 11 is 0. The summed E-state index contributed by atoms with van der Waals surface area (Å²) in [6.45, 7) is 56.3. The fourth-order valence-electron chi connectivity index (χ4n) is 26.6. The van der Waals surface area contributed by atoms with E-state index in [2.05, 4.69) is 432 Å². The van der Waals surface area contributed by atoms with E-state index < -0.39 is 15.8 Å². The molecule has 0 bridgehead atoms. The molecule has 822 valence electrons. The third kappa shape index (κ3) is 42.6. The molecule has 10 aromatic carbocycles. The lowest BCUT2D eigenvalue weighted by molar-refractivity contribution is 0.460. The third-order valence-corrected chi connectivity index (χ3v) is 59.7. The van der Waals surface area contributed by atoms with Crippen molar-refractivity contribution in [2.24, 2.45) is 0 Å². The maximum atomic E-state index is 2.52. The molecule has 7 saturated carbocycles. The molecule has 150 heavy (non-hydrogen) atoms. The molecular formula is C141H213P9. The summed E-state index contributed by atoms with van der Waals surface area (Å²) in [7, 11) is 0.0472. The summed E-state index contributed by atoms with van der Waals surface area (Å²) < 4.78 is 0. The predicted molar refractivity (Wildman–Crippen MR) is 704 cm³/mol. The van der Waals surface area contributed by atoms with Gasteiger partial charge in [-0.05, 0) is 337 Å². The molecule has 17 rings (SSSR count). The predicted octanol–water partition coefficient (Wildman–Crippen LogP) is 44.0. The van der Waals surface area contributed by atoms with E-state index in [1.807, 2.05) is 0 Å². The van der Waals surface area contributed by atoms with E-state index in [0.29, 0.717) is 39.2 Å². The summed E-state index contributed by atoms with van der Waals surface area (Å²) in [5.41, 5.74) is 20.3. The Morgan fingerprint density at radius 2 is 0.480 bits per heavy atom. The Labute approximate surface area is 936 Å². The van der Waals surface area contributed by atoms with Gasteiger partial charge in [0.2, 0.25) is 0 Å². The van der Waals surface area contributed by atoms with Crippen LogP contribution in [0.2, 0.25) is 0 Å². The molecule has 0 nitrogen and oxygen atoms in total. The van der Waals surface area contributed by atoms with Gasteiger partial charge in [-0.3, -0.25) is 0 Å². The van der Waals surface area contributed by atoms with Gasteiger partial charge in [0.05, 0.1) is 0 Å². The van der Waals surface area contributed by atoms with Gasteiger partial charge in [0, 0.05) is 5.90 Å². The number of benzene rings is 10. The quantitative estimate of drug-likeness (QED) is 0.0429. The highest BCUT2D eigenvalue weighted by atomic mass is 31.2. The topological polar surface area (TPSA) is 0 Å². The van der Waals surface area contributed by atoms with Crippen molar-refractivity contribution in [1.82, 2.24) is 0 Å². The molecule has 9 heteroatoms. The first-order valence-electron chi connectivity index (χ1n) is 60.6. The Balaban J connectivity index is 0.000000180. The molecule has 10 aromatic rings. The highest BCUT2D eigenvalue weighted by Gasteiger charge is 2.44. The van der Waals surface area contributed by atoms with Crippen molar-refractivity contribution in [2.75, 3.05) is 44.4 Å². The van der Waals surface area contributed by atoms with Crippen LogP contribution in [0.3, 0.4) is 0 Å². The standard InChI is InChI=1S/C25H22P2.2C25H33P.C21H29P.C18H33P.2C12H27P.C3H9P/c1-5-13-22(14-6-1)26(23-15-7-2-8-16-23)21-27(24-17-9-3-10-18-24)25-19-11-4-12-20-25;1-20-19-22(21-11-5-2-6-12-21)17-18-25(20)26(23-13-7-3-8-14-23)24-15-9-4-10-16-24;1-20-12-8-9-17-23(20)24-18-10-11-19-25(24)26(21-13-4-2-5-14-21)22-15-6-3-7-16-22;1-16-12-8-9-13-17(16)18-14-10-11-15-19(18)22(20(2,3)4)21(5,6)7;1-4-10-16(11-5-1)19(17-12-6-2-7-13-17)18-14-8-3-9-15-18;1-10(2,3)13(11(4,5)6)12(7,8)9;1-4-7-10-13(11-8-5-2)12-9-6-3;1-4(2)3/h1-20H,21H2;2,5-6,11-12,17-19,23-24H,3-4,7-10,13-16H2,1H3;8-12,17-19,21-22H,2-7,13-16H2,1H3;8-15H,1-7H3;16-18H,1-15H2;1-9H3;4-12H2,1-3H3;1-3H3. The van der Waals surface area contributed by atoms with Gasteiger partial charge in [0.1, 0.15) is 0 Å². The van der Waals surface area contributed by atoms with Crippen LogP contribution in [0, 0.1) is 20.8 Å². The van der Waals surface area contributed by atoms with Crippen LogP contribution in [0.4, 0.5) is 0 Å². The van der Waals surface area contributed by atoms with Gasteiger partial charge < -0.3 is 0 Å². The van der Waals surface area contributed by atoms with Crippen LogP contribution in [0.15, 0.2) is 267 Å². The summed E-state index contributed by atoms with van der Waals surface area (Å²) in [5, 5.41) is 12.7. The lowest BCUT2D eigenvalue weighted by Gasteiger charge is -2.49. The Kier molecular flexibility index (Phi) is 57.6. The minimum absolute atomic E-state index is 0.00578. The fraction of sp³-hybridized carbons (Fsp3) is 0.574. The fourth-order valence-corrected chi connectivity index (χ4v) is 58.8. The first kappa shape index (κ1) is 128. The molecule has 0 radical (unpaired) electrons. The minimum Gasteiger partial charge on any atom is -0.116 e. The van der Waals surface area contributed by atoms with Gasteiger partial charge in [-0.25, -0.2) is 0 Å². The number of hydrogen-bond acceptors (Lipinski definition) is 0. The molecule has 0 heterocycles. The number of unbranched alkanes of at least 4 members (excludes halogenated alkanes) is 3. The minimum atomic E-state index is -0.409. The Morgan fingerprint density at radius 3 is 0.747 bits per heavy atom. The molecule has 0 spiro atoms. The van der Waals surface area contributed by atoms with Crippen molar-refractivity contribution >= 4 is 108 Å². The maximum absolute atomic E-state index is 2.52. The highest BCUT2D eigenvalue weighted by Crippen LogP contribution is 2.68. The second kappa shape index (κ2) is 67.6. The monoisotopic (exact) mass is 2190 g/mol. The molecular weight excluding hydrogens is 1970 g/mol. The van der Waals surface area contributed by atoms with Crippen LogP contribution < -0.4 is 37.1 Å². The second-order valence-corrected chi connectivity index (χ2v) is 77.9. The molecule has 0 amide bonds. The SMILES string of the molecule is C1CCC(P(C2CCCCC2)C2CCCCC2)CC1.CC(C)(C)P(C(C)(C)C)C(C)(C)C.CCCCP(CCCC)CCCC.CP(C)C.Cc1cc(-c2ccccc2)ccc1P(C1CCCCC1)C1CCCCC1.Cc1ccccc1-c1ccccc1P(C(C)(C)C)C(C)(C)C.Cc1ccccc1-c1ccccc1P(C1CCCCC1)C1CCCCC1.c1ccc(P(CP(c2ccccc2)c2ccccc2)c2ccccc2)cc1. The molecule has 0 atom stereocenters. The number of aryl methyl sites for hydroxylation is 3. The van der Waals surface area contributed by atoms with E-state index in [4.69, 9.17) is 0 Å². The van der Waals surface area contributed by atoms with E-state index in [-0.39, 0.29) is 42.0 Å². The molecule has 7 fully saturated rings. The van der Waals surface area contributed by atoms with Crippen LogP contribution in [0.5, 0.6) is 0 Å². The Hall–Kier alpha value is -3.93. The zero-order valence-corrected chi connectivity index (χ0v) is 108. The normalized spacial score (nSPS) is 16.9. The van der Waals surface area contributed by atoms with Crippen molar-refractivity contribution in [1.29, 1.82) is 0 Å². The molecule has 7 aliphatic carbocycles. The van der Waals surface area contributed by atoms with Gasteiger partial charge in [-0.15, -0.1) is 15.8 Å². The van der Waals surface area contributed by atoms with Gasteiger partial charge >= 0.3 is 0 Å². The van der Waals surface area contributed by atoms with Gasteiger partial charge in [0.15, 0.2) is 0 Å². The molecule has 0 unspecified atom stereocenters.